The standard InChI is InChI=1S/C20H18N6OS/c27-19(24-20-22-8-12-28-20)17-18-23-16(13-26(18)11-7-21-17)14-3-5-15(6-4-14)25-9-1-2-10-25/h3-8,11-13H,1-2,9-10H2,(H,22,24,27). The third-order valence-electron chi connectivity index (χ3n) is 4.88. The minimum absolute atomic E-state index is 0.276. The van der Waals surface area contributed by atoms with Crippen LogP contribution in [0.1, 0.15) is 23.3 Å². The monoisotopic (exact) mass is 390 g/mol. The quantitative estimate of drug-likeness (QED) is 0.575. The number of thiazole rings is 1. The Balaban J connectivity index is 1.45. The van der Waals surface area contributed by atoms with Crippen LogP contribution in [0.5, 0.6) is 0 Å². The fourth-order valence-corrected chi connectivity index (χ4v) is 4.00. The minimum atomic E-state index is -0.318. The third-order valence-corrected chi connectivity index (χ3v) is 5.57. The number of nitrogens with one attached hydrogen (secondary N) is 1. The lowest BCUT2D eigenvalue weighted by molar-refractivity contribution is 0.102. The van der Waals surface area contributed by atoms with Gasteiger partial charge in [0.2, 0.25) is 0 Å². The lowest BCUT2D eigenvalue weighted by Gasteiger charge is -2.17. The van der Waals surface area contributed by atoms with Crippen molar-refractivity contribution in [1.82, 2.24) is 19.4 Å². The highest BCUT2D eigenvalue weighted by molar-refractivity contribution is 7.13. The molecule has 1 aromatic carbocycles. The van der Waals surface area contributed by atoms with Gasteiger partial charge in [0.25, 0.3) is 5.91 Å². The van der Waals surface area contributed by atoms with Crippen molar-refractivity contribution >= 4 is 33.7 Å². The van der Waals surface area contributed by atoms with Crippen molar-refractivity contribution in [2.75, 3.05) is 23.3 Å². The molecule has 1 fully saturated rings. The molecule has 4 heterocycles. The number of hydrogen-bond acceptors (Lipinski definition) is 6. The van der Waals surface area contributed by atoms with Gasteiger partial charge in [0.05, 0.1) is 5.69 Å². The molecule has 3 aromatic heterocycles. The number of benzene rings is 1. The summed E-state index contributed by atoms with van der Waals surface area (Å²) in [6.07, 6.45) is 9.48. The lowest BCUT2D eigenvalue weighted by Crippen LogP contribution is -2.17. The van der Waals surface area contributed by atoms with Crippen molar-refractivity contribution in [1.29, 1.82) is 0 Å². The Morgan fingerprint density at radius 1 is 1.07 bits per heavy atom. The normalized spacial score (nSPS) is 13.9. The zero-order chi connectivity index (χ0) is 18.9. The summed E-state index contributed by atoms with van der Waals surface area (Å²) in [6, 6.07) is 8.44. The highest BCUT2D eigenvalue weighted by Gasteiger charge is 2.17. The number of carbonyl (C=O) groups excluding carboxylic acids is 1. The first-order valence-corrected chi connectivity index (χ1v) is 10.1. The second-order valence-corrected chi connectivity index (χ2v) is 7.56. The van der Waals surface area contributed by atoms with Crippen molar-refractivity contribution in [2.45, 2.75) is 12.8 Å². The molecule has 4 aromatic rings. The molecule has 28 heavy (non-hydrogen) atoms. The topological polar surface area (TPSA) is 75.4 Å². The first-order valence-electron chi connectivity index (χ1n) is 9.18. The van der Waals surface area contributed by atoms with Crippen LogP contribution in [0.3, 0.4) is 0 Å². The molecule has 1 amide bonds. The van der Waals surface area contributed by atoms with Crippen LogP contribution < -0.4 is 10.2 Å². The van der Waals surface area contributed by atoms with Crippen LogP contribution in [0.25, 0.3) is 16.9 Å². The van der Waals surface area contributed by atoms with Gasteiger partial charge >= 0.3 is 0 Å². The zero-order valence-electron chi connectivity index (χ0n) is 15.1. The second kappa shape index (κ2) is 7.05. The van der Waals surface area contributed by atoms with Crippen LogP contribution in [0.2, 0.25) is 0 Å². The fourth-order valence-electron chi connectivity index (χ4n) is 3.48. The van der Waals surface area contributed by atoms with E-state index in [0.717, 1.165) is 24.3 Å². The largest absolute Gasteiger partial charge is 0.372 e. The number of nitrogens with zero attached hydrogens (tertiary/aromatic N) is 5. The molecule has 0 spiro atoms. The van der Waals surface area contributed by atoms with Crippen LogP contribution in [0.4, 0.5) is 10.8 Å². The molecule has 1 saturated heterocycles. The number of imidazole rings is 1. The number of amides is 1. The number of hydrogen-bond donors (Lipinski definition) is 1. The summed E-state index contributed by atoms with van der Waals surface area (Å²) in [5.41, 5.74) is 3.87. The summed E-state index contributed by atoms with van der Waals surface area (Å²) in [5, 5.41) is 5.11. The smallest absolute Gasteiger partial charge is 0.279 e. The molecular weight excluding hydrogens is 372 g/mol. The van der Waals surface area contributed by atoms with Gasteiger partial charge in [-0.3, -0.25) is 10.1 Å². The van der Waals surface area contributed by atoms with Gasteiger partial charge in [-0.1, -0.05) is 12.1 Å². The molecule has 0 atom stereocenters. The number of rotatable bonds is 4. The van der Waals surface area contributed by atoms with E-state index in [9.17, 15) is 4.79 Å². The SMILES string of the molecule is O=C(Nc1nccs1)c1nccn2cc(-c3ccc(N4CCCC4)cc3)nc12. The zero-order valence-corrected chi connectivity index (χ0v) is 15.9. The van der Waals surface area contributed by atoms with E-state index in [1.54, 1.807) is 18.6 Å². The number of fused-ring (bicyclic) bond motifs is 1. The summed E-state index contributed by atoms with van der Waals surface area (Å²) in [4.78, 5) is 28.0. The molecule has 7 nitrogen and oxygen atoms in total. The lowest BCUT2D eigenvalue weighted by atomic mass is 10.1. The molecule has 0 radical (unpaired) electrons. The van der Waals surface area contributed by atoms with Gasteiger partial charge in [0.1, 0.15) is 0 Å². The van der Waals surface area contributed by atoms with E-state index in [1.807, 2.05) is 16.0 Å². The predicted octanol–water partition coefficient (Wildman–Crippen LogP) is 3.71. The molecule has 1 aliphatic rings. The van der Waals surface area contributed by atoms with E-state index < -0.39 is 0 Å². The highest BCUT2D eigenvalue weighted by Crippen LogP contribution is 2.26. The van der Waals surface area contributed by atoms with E-state index in [4.69, 9.17) is 0 Å². The average Bonchev–Trinajstić information content (AvgIpc) is 3.48. The van der Waals surface area contributed by atoms with Gasteiger partial charge in [0, 0.05) is 54.5 Å². The molecule has 1 aliphatic heterocycles. The molecule has 0 aliphatic carbocycles. The Bertz CT molecular complexity index is 1110. The summed E-state index contributed by atoms with van der Waals surface area (Å²) in [5.74, 6) is -0.318. The first-order chi connectivity index (χ1) is 13.8. The molecule has 1 N–H and O–H groups in total. The Morgan fingerprint density at radius 3 is 2.64 bits per heavy atom. The van der Waals surface area contributed by atoms with E-state index in [1.165, 1.54) is 29.9 Å². The highest BCUT2D eigenvalue weighted by atomic mass is 32.1. The maximum absolute atomic E-state index is 12.6. The van der Waals surface area contributed by atoms with Gasteiger partial charge in [-0.05, 0) is 25.0 Å². The Hall–Kier alpha value is -3.26. The molecule has 0 bridgehead atoms. The summed E-state index contributed by atoms with van der Waals surface area (Å²) in [7, 11) is 0. The van der Waals surface area contributed by atoms with E-state index >= 15 is 0 Å². The second-order valence-electron chi connectivity index (χ2n) is 6.67. The van der Waals surface area contributed by atoms with Gasteiger partial charge in [-0.25, -0.2) is 15.0 Å². The average molecular weight is 390 g/mol. The molecule has 0 unspecified atom stereocenters. The van der Waals surface area contributed by atoms with Crippen LogP contribution in [0.15, 0.2) is 54.4 Å². The van der Waals surface area contributed by atoms with Crippen LogP contribution >= 0.6 is 11.3 Å². The summed E-state index contributed by atoms with van der Waals surface area (Å²) < 4.78 is 1.83. The van der Waals surface area contributed by atoms with Crippen molar-refractivity contribution in [2.24, 2.45) is 0 Å². The van der Waals surface area contributed by atoms with E-state index in [0.29, 0.717) is 10.8 Å². The van der Waals surface area contributed by atoms with Crippen molar-refractivity contribution in [3.63, 3.8) is 0 Å². The molecule has 8 heteroatoms. The molecule has 140 valence electrons. The van der Waals surface area contributed by atoms with Gasteiger partial charge in [-0.15, -0.1) is 11.3 Å². The molecular formula is C20H18N6OS. The van der Waals surface area contributed by atoms with E-state index in [-0.39, 0.29) is 11.6 Å². The third kappa shape index (κ3) is 3.11. The fraction of sp³-hybridized carbons (Fsp3) is 0.200. The molecule has 0 saturated carbocycles. The van der Waals surface area contributed by atoms with Crippen LogP contribution in [-0.2, 0) is 0 Å². The maximum atomic E-state index is 12.6. The predicted molar refractivity (Wildman–Crippen MR) is 110 cm³/mol. The van der Waals surface area contributed by atoms with Gasteiger partial charge in [0.15, 0.2) is 16.5 Å². The van der Waals surface area contributed by atoms with Crippen molar-refractivity contribution in [3.05, 3.63) is 60.1 Å². The Labute approximate surface area is 165 Å². The minimum Gasteiger partial charge on any atom is -0.372 e. The summed E-state index contributed by atoms with van der Waals surface area (Å²) >= 11 is 1.36. The Kier molecular flexibility index (Phi) is 4.25. The summed E-state index contributed by atoms with van der Waals surface area (Å²) in [6.45, 7) is 2.24. The van der Waals surface area contributed by atoms with E-state index in [2.05, 4.69) is 49.4 Å². The van der Waals surface area contributed by atoms with Crippen molar-refractivity contribution in [3.8, 4) is 11.3 Å². The maximum Gasteiger partial charge on any atom is 0.279 e. The number of aromatic nitrogens is 4. The first kappa shape index (κ1) is 16.9. The van der Waals surface area contributed by atoms with Gasteiger partial charge < -0.3 is 9.30 Å². The Morgan fingerprint density at radius 2 is 1.89 bits per heavy atom. The van der Waals surface area contributed by atoms with Crippen LogP contribution in [0, 0.1) is 0 Å². The molecule has 5 rings (SSSR count). The van der Waals surface area contributed by atoms with Gasteiger partial charge in [-0.2, -0.15) is 0 Å². The number of carbonyl (C=O) groups is 1. The van der Waals surface area contributed by atoms with Crippen molar-refractivity contribution < 1.29 is 4.79 Å². The number of anilines is 2. The van der Waals surface area contributed by atoms with Crippen LogP contribution in [-0.4, -0.2) is 38.3 Å².